The Hall–Kier alpha value is -0.730. The molecule has 1 heterocycles. The molecule has 2 nitrogen and oxygen atoms in total. The molecule has 1 aromatic carbocycles. The third-order valence-corrected chi connectivity index (χ3v) is 4.18. The standard InChI is InChI=1S/C16H24ClNO/c1-11(2)16-13(8-12-4-6-18-7-5-12)9-14(17)10-15(16)19-3/h9-12,18H,4-8H2,1-3H3. The zero-order valence-corrected chi connectivity index (χ0v) is 12.9. The molecule has 0 atom stereocenters. The maximum atomic E-state index is 6.23. The average molecular weight is 282 g/mol. The Bertz CT molecular complexity index is 425. The fraction of sp³-hybridized carbons (Fsp3) is 0.625. The second-order valence-corrected chi connectivity index (χ2v) is 6.17. The van der Waals surface area contributed by atoms with Gasteiger partial charge >= 0.3 is 0 Å². The van der Waals surface area contributed by atoms with E-state index in [9.17, 15) is 0 Å². The molecule has 106 valence electrons. The van der Waals surface area contributed by atoms with Gasteiger partial charge in [0.25, 0.3) is 0 Å². The van der Waals surface area contributed by atoms with Gasteiger partial charge in [0.1, 0.15) is 5.75 Å². The number of hydrogen-bond donors (Lipinski definition) is 1. The molecule has 0 amide bonds. The van der Waals surface area contributed by atoms with Crippen LogP contribution in [-0.4, -0.2) is 20.2 Å². The lowest BCUT2D eigenvalue weighted by Gasteiger charge is -2.25. The van der Waals surface area contributed by atoms with Crippen LogP contribution in [0.15, 0.2) is 12.1 Å². The van der Waals surface area contributed by atoms with Crippen LogP contribution in [0.4, 0.5) is 0 Å². The number of hydrogen-bond acceptors (Lipinski definition) is 2. The van der Waals surface area contributed by atoms with Gasteiger partial charge in [0.15, 0.2) is 0 Å². The summed E-state index contributed by atoms with van der Waals surface area (Å²) in [5.41, 5.74) is 2.69. The molecule has 0 spiro atoms. The van der Waals surface area contributed by atoms with E-state index in [0.29, 0.717) is 5.92 Å². The van der Waals surface area contributed by atoms with E-state index < -0.39 is 0 Å². The molecule has 1 aromatic rings. The summed E-state index contributed by atoms with van der Waals surface area (Å²) in [7, 11) is 1.73. The maximum absolute atomic E-state index is 6.23. The van der Waals surface area contributed by atoms with E-state index in [2.05, 4.69) is 25.2 Å². The Kier molecular flexibility index (Phi) is 5.12. The van der Waals surface area contributed by atoms with Crippen molar-refractivity contribution in [3.8, 4) is 5.75 Å². The summed E-state index contributed by atoms with van der Waals surface area (Å²) in [5, 5.41) is 4.20. The van der Waals surface area contributed by atoms with Gasteiger partial charge in [0.2, 0.25) is 0 Å². The van der Waals surface area contributed by atoms with E-state index in [4.69, 9.17) is 16.3 Å². The van der Waals surface area contributed by atoms with Crippen LogP contribution in [0, 0.1) is 5.92 Å². The quantitative estimate of drug-likeness (QED) is 0.900. The van der Waals surface area contributed by atoms with Crippen LogP contribution in [0.25, 0.3) is 0 Å². The van der Waals surface area contributed by atoms with Gasteiger partial charge in [0.05, 0.1) is 7.11 Å². The van der Waals surface area contributed by atoms with E-state index >= 15 is 0 Å². The molecule has 0 saturated carbocycles. The number of rotatable bonds is 4. The average Bonchev–Trinajstić information content (AvgIpc) is 2.38. The molecule has 0 aromatic heterocycles. The molecule has 19 heavy (non-hydrogen) atoms. The highest BCUT2D eigenvalue weighted by Gasteiger charge is 2.19. The predicted octanol–water partition coefficient (Wildman–Crippen LogP) is 4.01. The third kappa shape index (κ3) is 3.64. The fourth-order valence-electron chi connectivity index (χ4n) is 3.04. The van der Waals surface area contributed by atoms with E-state index in [1.807, 2.05) is 6.07 Å². The van der Waals surface area contributed by atoms with Crippen LogP contribution in [0.1, 0.15) is 43.7 Å². The largest absolute Gasteiger partial charge is 0.496 e. The molecule has 1 fully saturated rings. The van der Waals surface area contributed by atoms with Gasteiger partial charge < -0.3 is 10.1 Å². The Morgan fingerprint density at radius 2 is 2.00 bits per heavy atom. The molecule has 1 aliphatic heterocycles. The highest BCUT2D eigenvalue weighted by molar-refractivity contribution is 6.30. The number of piperidine rings is 1. The summed E-state index contributed by atoms with van der Waals surface area (Å²) < 4.78 is 5.52. The van der Waals surface area contributed by atoms with Gasteiger partial charge in [-0.15, -0.1) is 0 Å². The van der Waals surface area contributed by atoms with Crippen molar-refractivity contribution in [2.75, 3.05) is 20.2 Å². The first-order valence-electron chi connectivity index (χ1n) is 7.18. The predicted molar refractivity (Wildman–Crippen MR) is 81.4 cm³/mol. The fourth-order valence-corrected chi connectivity index (χ4v) is 3.27. The van der Waals surface area contributed by atoms with Crippen molar-refractivity contribution >= 4 is 11.6 Å². The van der Waals surface area contributed by atoms with Crippen molar-refractivity contribution in [3.63, 3.8) is 0 Å². The van der Waals surface area contributed by atoms with Crippen molar-refractivity contribution in [2.45, 2.75) is 39.0 Å². The number of halogens is 1. The van der Waals surface area contributed by atoms with Gasteiger partial charge in [0, 0.05) is 5.02 Å². The van der Waals surface area contributed by atoms with Crippen molar-refractivity contribution in [1.29, 1.82) is 0 Å². The lowest BCUT2D eigenvalue weighted by Crippen LogP contribution is -2.28. The molecule has 1 N–H and O–H groups in total. The Morgan fingerprint density at radius 3 is 2.58 bits per heavy atom. The summed E-state index contributed by atoms with van der Waals surface area (Å²) in [6.45, 7) is 6.72. The summed E-state index contributed by atoms with van der Waals surface area (Å²) >= 11 is 6.23. The van der Waals surface area contributed by atoms with E-state index in [-0.39, 0.29) is 0 Å². The van der Waals surface area contributed by atoms with Gasteiger partial charge in [-0.05, 0) is 67.4 Å². The van der Waals surface area contributed by atoms with Crippen LogP contribution in [-0.2, 0) is 6.42 Å². The lowest BCUT2D eigenvalue weighted by atomic mass is 9.86. The highest BCUT2D eigenvalue weighted by atomic mass is 35.5. The van der Waals surface area contributed by atoms with Crippen LogP contribution in [0.5, 0.6) is 5.75 Å². The molecule has 2 rings (SSSR count). The van der Waals surface area contributed by atoms with Crippen molar-refractivity contribution < 1.29 is 4.74 Å². The van der Waals surface area contributed by atoms with Gasteiger partial charge in [-0.3, -0.25) is 0 Å². The summed E-state index contributed by atoms with van der Waals surface area (Å²) in [5.74, 6) is 2.16. The van der Waals surface area contributed by atoms with Crippen molar-refractivity contribution in [1.82, 2.24) is 5.32 Å². The van der Waals surface area contributed by atoms with Crippen LogP contribution in [0.2, 0.25) is 5.02 Å². The molecule has 0 unspecified atom stereocenters. The Morgan fingerprint density at radius 1 is 1.32 bits per heavy atom. The second-order valence-electron chi connectivity index (χ2n) is 5.73. The molecule has 1 saturated heterocycles. The van der Waals surface area contributed by atoms with Gasteiger partial charge in [-0.1, -0.05) is 25.4 Å². The normalized spacial score (nSPS) is 16.9. The van der Waals surface area contributed by atoms with Gasteiger partial charge in [-0.25, -0.2) is 0 Å². The number of ether oxygens (including phenoxy) is 1. The molecular weight excluding hydrogens is 258 g/mol. The Labute approximate surface area is 121 Å². The zero-order valence-electron chi connectivity index (χ0n) is 12.1. The molecule has 0 radical (unpaired) electrons. The minimum absolute atomic E-state index is 0.462. The maximum Gasteiger partial charge on any atom is 0.124 e. The number of methoxy groups -OCH3 is 1. The minimum Gasteiger partial charge on any atom is -0.496 e. The smallest absolute Gasteiger partial charge is 0.124 e. The lowest BCUT2D eigenvalue weighted by molar-refractivity contribution is 0.369. The molecule has 0 aliphatic carbocycles. The van der Waals surface area contributed by atoms with E-state index in [1.54, 1.807) is 7.11 Å². The van der Waals surface area contributed by atoms with E-state index in [1.165, 1.54) is 24.0 Å². The number of benzene rings is 1. The van der Waals surface area contributed by atoms with Crippen LogP contribution < -0.4 is 10.1 Å². The minimum atomic E-state index is 0.462. The van der Waals surface area contributed by atoms with Crippen LogP contribution >= 0.6 is 11.6 Å². The summed E-state index contributed by atoms with van der Waals surface area (Å²) in [6, 6.07) is 4.06. The van der Waals surface area contributed by atoms with Crippen molar-refractivity contribution in [3.05, 3.63) is 28.3 Å². The molecule has 3 heteroatoms. The highest BCUT2D eigenvalue weighted by Crippen LogP contribution is 2.35. The summed E-state index contributed by atoms with van der Waals surface area (Å²) in [6.07, 6.45) is 3.63. The topological polar surface area (TPSA) is 21.3 Å². The first-order chi connectivity index (χ1) is 9.11. The second kappa shape index (κ2) is 6.62. The summed E-state index contributed by atoms with van der Waals surface area (Å²) in [4.78, 5) is 0. The first kappa shape index (κ1) is 14.7. The SMILES string of the molecule is COc1cc(Cl)cc(CC2CCNCC2)c1C(C)C. The molecule has 1 aliphatic rings. The molecule has 0 bridgehead atoms. The number of nitrogens with one attached hydrogen (secondary N) is 1. The Balaban J connectivity index is 2.28. The first-order valence-corrected chi connectivity index (χ1v) is 7.56. The third-order valence-electron chi connectivity index (χ3n) is 3.96. The molecular formula is C16H24ClNO. The van der Waals surface area contributed by atoms with Crippen molar-refractivity contribution in [2.24, 2.45) is 5.92 Å². The van der Waals surface area contributed by atoms with Gasteiger partial charge in [-0.2, -0.15) is 0 Å². The monoisotopic (exact) mass is 281 g/mol. The zero-order chi connectivity index (χ0) is 13.8. The van der Waals surface area contributed by atoms with E-state index in [0.717, 1.165) is 36.2 Å². The van der Waals surface area contributed by atoms with Crippen LogP contribution in [0.3, 0.4) is 0 Å².